The maximum absolute atomic E-state index is 12.2. The summed E-state index contributed by atoms with van der Waals surface area (Å²) in [4.78, 5) is 25.5. The lowest BCUT2D eigenvalue weighted by atomic mass is 10.1. The smallest absolute Gasteiger partial charge is 0.242 e. The zero-order chi connectivity index (χ0) is 11.5. The highest BCUT2D eigenvalue weighted by atomic mass is 32.2. The molecule has 2 unspecified atom stereocenters. The molecule has 0 aromatic rings. The van der Waals surface area contributed by atoms with E-state index in [1.54, 1.807) is 16.7 Å². The van der Waals surface area contributed by atoms with Crippen LogP contribution in [0.15, 0.2) is 0 Å². The average Bonchev–Trinajstić information content (AvgIpc) is 2.81. The molecule has 5 nitrogen and oxygen atoms in total. The van der Waals surface area contributed by atoms with E-state index in [4.69, 9.17) is 0 Å². The summed E-state index contributed by atoms with van der Waals surface area (Å²) in [5, 5.41) is 5.95. The normalized spacial score (nSPS) is 30.3. The lowest BCUT2D eigenvalue weighted by Crippen LogP contribution is -2.60. The largest absolute Gasteiger partial charge is 0.353 e. The second-order valence-electron chi connectivity index (χ2n) is 4.02. The third-order valence-corrected chi connectivity index (χ3v) is 3.95. The predicted octanol–water partition coefficient (Wildman–Crippen LogP) is -0.614. The van der Waals surface area contributed by atoms with Crippen molar-refractivity contribution in [2.45, 2.75) is 25.4 Å². The Kier molecular flexibility index (Phi) is 3.70. The van der Waals surface area contributed by atoms with Crippen LogP contribution in [0.4, 0.5) is 0 Å². The minimum absolute atomic E-state index is 0.0206. The minimum atomic E-state index is -0.284. The first-order valence-electron chi connectivity index (χ1n) is 5.63. The number of carbonyl (C=O) groups excluding carboxylic acids is 2. The summed E-state index contributed by atoms with van der Waals surface area (Å²) in [5.74, 6) is 1.69. The van der Waals surface area contributed by atoms with E-state index >= 15 is 0 Å². The molecule has 16 heavy (non-hydrogen) atoms. The van der Waals surface area contributed by atoms with Gasteiger partial charge < -0.3 is 10.2 Å². The van der Waals surface area contributed by atoms with Gasteiger partial charge in [-0.15, -0.1) is 11.8 Å². The van der Waals surface area contributed by atoms with Crippen LogP contribution in [0.1, 0.15) is 13.3 Å². The summed E-state index contributed by atoms with van der Waals surface area (Å²) in [5.41, 5.74) is 0. The topological polar surface area (TPSA) is 61.4 Å². The van der Waals surface area contributed by atoms with Crippen LogP contribution in [0.2, 0.25) is 0 Å². The van der Waals surface area contributed by atoms with Gasteiger partial charge in [0.05, 0.1) is 6.04 Å². The highest BCUT2D eigenvalue weighted by molar-refractivity contribution is 7.99. The summed E-state index contributed by atoms with van der Waals surface area (Å²) in [7, 11) is 0. The molecule has 0 radical (unpaired) electrons. The van der Waals surface area contributed by atoms with E-state index in [0.29, 0.717) is 19.5 Å². The molecule has 0 aromatic heterocycles. The second-order valence-corrected chi connectivity index (χ2v) is 5.05. The van der Waals surface area contributed by atoms with Crippen LogP contribution in [0, 0.1) is 0 Å². The average molecular weight is 243 g/mol. The van der Waals surface area contributed by atoms with E-state index in [1.807, 2.05) is 6.92 Å². The monoisotopic (exact) mass is 243 g/mol. The van der Waals surface area contributed by atoms with Gasteiger partial charge in [-0.25, -0.2) is 0 Å². The molecule has 2 N–H and O–H groups in total. The fraction of sp³-hybridized carbons (Fsp3) is 0.800. The molecule has 2 heterocycles. The molecule has 0 aromatic carbocycles. The van der Waals surface area contributed by atoms with Gasteiger partial charge in [-0.05, 0) is 6.42 Å². The Morgan fingerprint density at radius 1 is 1.62 bits per heavy atom. The van der Waals surface area contributed by atoms with Gasteiger partial charge in [-0.2, -0.15) is 0 Å². The van der Waals surface area contributed by atoms with Gasteiger partial charge in [-0.3, -0.25) is 14.9 Å². The summed E-state index contributed by atoms with van der Waals surface area (Å²) < 4.78 is 0. The maximum Gasteiger partial charge on any atom is 0.242 e. The van der Waals surface area contributed by atoms with Crippen LogP contribution in [0.25, 0.3) is 0 Å². The van der Waals surface area contributed by atoms with Gasteiger partial charge in [0.25, 0.3) is 0 Å². The Labute approximate surface area is 99.3 Å². The van der Waals surface area contributed by atoms with Gasteiger partial charge in [0.2, 0.25) is 11.8 Å². The van der Waals surface area contributed by atoms with Crippen molar-refractivity contribution in [1.29, 1.82) is 0 Å². The van der Waals surface area contributed by atoms with Crippen molar-refractivity contribution in [1.82, 2.24) is 15.5 Å². The number of hydrogen-bond donors (Lipinski definition) is 2. The van der Waals surface area contributed by atoms with E-state index in [-0.39, 0.29) is 23.9 Å². The number of thioether (sulfide) groups is 1. The summed E-state index contributed by atoms with van der Waals surface area (Å²) in [6.45, 7) is 3.14. The van der Waals surface area contributed by atoms with Crippen LogP contribution in [0.5, 0.6) is 0 Å². The molecule has 2 rings (SSSR count). The highest BCUT2D eigenvalue weighted by Gasteiger charge is 2.35. The molecule has 0 spiro atoms. The fourth-order valence-electron chi connectivity index (χ4n) is 2.14. The van der Waals surface area contributed by atoms with Crippen molar-refractivity contribution in [3.05, 3.63) is 0 Å². The van der Waals surface area contributed by atoms with Crippen molar-refractivity contribution in [2.75, 3.05) is 24.7 Å². The third kappa shape index (κ3) is 2.17. The van der Waals surface area contributed by atoms with Crippen LogP contribution >= 0.6 is 11.8 Å². The van der Waals surface area contributed by atoms with E-state index in [2.05, 4.69) is 10.6 Å². The van der Waals surface area contributed by atoms with Crippen LogP contribution in [-0.4, -0.2) is 53.5 Å². The third-order valence-electron chi connectivity index (χ3n) is 3.01. The minimum Gasteiger partial charge on any atom is -0.353 e. The molecular weight excluding hydrogens is 226 g/mol. The number of piperazine rings is 1. The van der Waals surface area contributed by atoms with E-state index < -0.39 is 0 Å². The number of amides is 2. The highest BCUT2D eigenvalue weighted by Crippen LogP contribution is 2.16. The van der Waals surface area contributed by atoms with E-state index in [9.17, 15) is 9.59 Å². The van der Waals surface area contributed by atoms with Crippen LogP contribution in [-0.2, 0) is 9.59 Å². The van der Waals surface area contributed by atoms with E-state index in [1.165, 1.54) is 0 Å². The zero-order valence-electron chi connectivity index (χ0n) is 9.36. The maximum atomic E-state index is 12.2. The van der Waals surface area contributed by atoms with Crippen LogP contribution < -0.4 is 10.6 Å². The van der Waals surface area contributed by atoms with Gasteiger partial charge in [0.1, 0.15) is 6.04 Å². The van der Waals surface area contributed by atoms with Gasteiger partial charge in [0, 0.05) is 24.7 Å². The molecule has 90 valence electrons. The van der Waals surface area contributed by atoms with Gasteiger partial charge in [-0.1, -0.05) is 6.92 Å². The number of carbonyl (C=O) groups is 2. The summed E-state index contributed by atoms with van der Waals surface area (Å²) in [6, 6.07) is -0.390. The molecule has 6 heteroatoms. The molecule has 2 atom stereocenters. The van der Waals surface area contributed by atoms with Crippen LogP contribution in [0.3, 0.4) is 0 Å². The quantitative estimate of drug-likeness (QED) is 0.679. The van der Waals surface area contributed by atoms with Crippen molar-refractivity contribution >= 4 is 23.6 Å². The molecule has 2 amide bonds. The number of hydrogen-bond acceptors (Lipinski definition) is 4. The number of nitrogens with one attached hydrogen (secondary N) is 2. The van der Waals surface area contributed by atoms with E-state index in [0.717, 1.165) is 11.6 Å². The summed E-state index contributed by atoms with van der Waals surface area (Å²) in [6.07, 6.45) is 0.678. The molecular formula is C10H17N3O2S. The molecule has 0 bridgehead atoms. The lowest BCUT2D eigenvalue weighted by molar-refractivity contribution is -0.144. The number of rotatable bonds is 2. The Morgan fingerprint density at radius 2 is 2.44 bits per heavy atom. The van der Waals surface area contributed by atoms with Gasteiger partial charge in [0.15, 0.2) is 0 Å². The lowest BCUT2D eigenvalue weighted by Gasteiger charge is -2.35. The Bertz CT molecular complexity index is 292. The van der Waals surface area contributed by atoms with Crippen molar-refractivity contribution < 1.29 is 9.59 Å². The molecule has 2 aliphatic rings. The predicted molar refractivity (Wildman–Crippen MR) is 63.1 cm³/mol. The fourth-order valence-corrected chi connectivity index (χ4v) is 3.07. The Morgan fingerprint density at radius 3 is 3.06 bits per heavy atom. The summed E-state index contributed by atoms with van der Waals surface area (Å²) >= 11 is 1.72. The molecule has 2 fully saturated rings. The Balaban J connectivity index is 2.05. The zero-order valence-corrected chi connectivity index (χ0v) is 10.2. The first-order chi connectivity index (χ1) is 7.74. The standard InChI is InChI=1S/C10H17N3O2S/c1-2-8-9(14)11-3-4-13(8)10(15)7-5-16-6-12-7/h7-8,12H,2-6H2,1H3,(H,11,14). The first kappa shape index (κ1) is 11.7. The Hall–Kier alpha value is -0.750. The van der Waals surface area contributed by atoms with Crippen molar-refractivity contribution in [3.8, 4) is 0 Å². The first-order valence-corrected chi connectivity index (χ1v) is 6.79. The van der Waals surface area contributed by atoms with Crippen molar-refractivity contribution in [2.24, 2.45) is 0 Å². The van der Waals surface area contributed by atoms with Gasteiger partial charge >= 0.3 is 0 Å². The second kappa shape index (κ2) is 5.05. The molecule has 2 aliphatic heterocycles. The molecule has 0 saturated carbocycles. The number of nitrogens with zero attached hydrogens (tertiary/aromatic N) is 1. The molecule has 2 saturated heterocycles. The molecule has 0 aliphatic carbocycles. The SMILES string of the molecule is CCC1C(=O)NCCN1C(=O)C1CSCN1. The van der Waals surface area contributed by atoms with Crippen molar-refractivity contribution in [3.63, 3.8) is 0 Å².